The first-order valence-electron chi connectivity index (χ1n) is 6.27. The first-order chi connectivity index (χ1) is 9.36. The lowest BCUT2D eigenvalue weighted by molar-refractivity contribution is 0.506. The largest absolute Gasteiger partial charge is 0.507 e. The zero-order valence-corrected chi connectivity index (χ0v) is 10.2. The Morgan fingerprint density at radius 2 is 2.05 bits per heavy atom. The second-order valence-corrected chi connectivity index (χ2v) is 4.70. The van der Waals surface area contributed by atoms with E-state index in [2.05, 4.69) is 11.1 Å². The molecule has 0 fully saturated rings. The summed E-state index contributed by atoms with van der Waals surface area (Å²) >= 11 is 0. The van der Waals surface area contributed by atoms with Crippen LogP contribution in [0.3, 0.4) is 0 Å². The van der Waals surface area contributed by atoms with Crippen LogP contribution >= 0.6 is 0 Å². The molecule has 1 aromatic heterocycles. The highest BCUT2D eigenvalue weighted by molar-refractivity contribution is 5.75. The molecule has 0 bridgehead atoms. The topological polar surface area (TPSA) is 38.1 Å². The Kier molecular flexibility index (Phi) is 2.03. The van der Waals surface area contributed by atoms with Crippen LogP contribution in [0.5, 0.6) is 0 Å². The Balaban J connectivity index is 2.13. The standard InChI is InChI=1S/C16H12N2O/c19-15-11-5-1-2-6-12(11)16-17-9-10-18(16)14-8-4-3-7-13(14)15/h1-10,12,19H. The average Bonchev–Trinajstić information content (AvgIpc) is 2.92. The minimum atomic E-state index is 0.00685. The van der Waals surface area contributed by atoms with Crippen molar-refractivity contribution < 1.29 is 5.11 Å². The quantitative estimate of drug-likeness (QED) is 0.776. The third-order valence-corrected chi connectivity index (χ3v) is 3.67. The number of hydrogen-bond donors (Lipinski definition) is 1. The number of aromatic nitrogens is 2. The van der Waals surface area contributed by atoms with Crippen LogP contribution in [0.1, 0.15) is 17.3 Å². The van der Waals surface area contributed by atoms with Gasteiger partial charge in [-0.05, 0) is 12.1 Å². The van der Waals surface area contributed by atoms with Gasteiger partial charge in [-0.15, -0.1) is 0 Å². The zero-order valence-electron chi connectivity index (χ0n) is 10.2. The summed E-state index contributed by atoms with van der Waals surface area (Å²) < 4.78 is 2.05. The van der Waals surface area contributed by atoms with Crippen LogP contribution in [0.2, 0.25) is 0 Å². The molecule has 3 nitrogen and oxygen atoms in total. The van der Waals surface area contributed by atoms with E-state index in [4.69, 9.17) is 0 Å². The Hall–Kier alpha value is -2.55. The van der Waals surface area contributed by atoms with Gasteiger partial charge in [-0.2, -0.15) is 0 Å². The number of allylic oxidation sites excluding steroid dienone is 5. The van der Waals surface area contributed by atoms with Crippen LogP contribution < -0.4 is 0 Å². The molecule has 2 heterocycles. The Labute approximate surface area is 110 Å². The molecule has 0 saturated carbocycles. The molecule has 0 spiro atoms. The molecular weight excluding hydrogens is 236 g/mol. The van der Waals surface area contributed by atoms with E-state index in [-0.39, 0.29) is 5.92 Å². The van der Waals surface area contributed by atoms with Gasteiger partial charge < -0.3 is 9.67 Å². The highest BCUT2D eigenvalue weighted by Gasteiger charge is 2.28. The maximum Gasteiger partial charge on any atom is 0.129 e. The highest BCUT2D eigenvalue weighted by Crippen LogP contribution is 2.39. The van der Waals surface area contributed by atoms with Gasteiger partial charge in [0, 0.05) is 23.5 Å². The van der Waals surface area contributed by atoms with Crippen molar-refractivity contribution in [3.05, 3.63) is 77.9 Å². The smallest absolute Gasteiger partial charge is 0.129 e. The normalized spacial score (nSPS) is 19.7. The van der Waals surface area contributed by atoms with Gasteiger partial charge in [0.25, 0.3) is 0 Å². The predicted molar refractivity (Wildman–Crippen MR) is 74.1 cm³/mol. The number of nitrogens with zero attached hydrogens (tertiary/aromatic N) is 2. The van der Waals surface area contributed by atoms with E-state index in [9.17, 15) is 5.11 Å². The fourth-order valence-electron chi connectivity index (χ4n) is 2.78. The van der Waals surface area contributed by atoms with E-state index in [1.165, 1.54) is 0 Å². The first kappa shape index (κ1) is 10.4. The predicted octanol–water partition coefficient (Wildman–Crippen LogP) is 3.36. The number of para-hydroxylation sites is 1. The van der Waals surface area contributed by atoms with Gasteiger partial charge in [0.05, 0.1) is 11.6 Å². The van der Waals surface area contributed by atoms with Crippen molar-refractivity contribution in [1.29, 1.82) is 0 Å². The lowest BCUT2D eigenvalue weighted by atomic mass is 9.92. The lowest BCUT2D eigenvalue weighted by Crippen LogP contribution is -2.06. The van der Waals surface area contributed by atoms with Gasteiger partial charge in [-0.1, -0.05) is 36.4 Å². The van der Waals surface area contributed by atoms with Crippen LogP contribution in [0.15, 0.2) is 66.5 Å². The molecule has 92 valence electrons. The molecule has 1 N–H and O–H groups in total. The second-order valence-electron chi connectivity index (χ2n) is 4.70. The SMILES string of the molecule is OC1=C2C=CC=CC2c2nccn2-c2ccccc21. The molecule has 1 unspecified atom stereocenters. The number of rotatable bonds is 0. The number of benzene rings is 1. The van der Waals surface area contributed by atoms with Crippen LogP contribution in [-0.2, 0) is 0 Å². The Bertz CT molecular complexity index is 750. The molecule has 1 aromatic carbocycles. The van der Waals surface area contributed by atoms with Crippen molar-refractivity contribution in [1.82, 2.24) is 9.55 Å². The van der Waals surface area contributed by atoms with Gasteiger partial charge in [-0.25, -0.2) is 4.98 Å². The monoisotopic (exact) mass is 248 g/mol. The summed E-state index contributed by atoms with van der Waals surface area (Å²) in [6.45, 7) is 0. The molecule has 3 heteroatoms. The van der Waals surface area contributed by atoms with Gasteiger partial charge in [0.2, 0.25) is 0 Å². The van der Waals surface area contributed by atoms with E-state index in [0.717, 1.165) is 22.6 Å². The first-order valence-corrected chi connectivity index (χ1v) is 6.27. The minimum Gasteiger partial charge on any atom is -0.507 e. The number of aliphatic hydroxyl groups excluding tert-OH is 1. The van der Waals surface area contributed by atoms with E-state index >= 15 is 0 Å². The summed E-state index contributed by atoms with van der Waals surface area (Å²) in [6.07, 6.45) is 11.7. The number of fused-ring (bicyclic) bond motifs is 5. The number of aliphatic hydroxyl groups is 1. The molecule has 0 amide bonds. The number of imidazole rings is 1. The van der Waals surface area contributed by atoms with Crippen molar-refractivity contribution in [3.8, 4) is 5.69 Å². The summed E-state index contributed by atoms with van der Waals surface area (Å²) in [6, 6.07) is 7.86. The molecule has 1 aliphatic carbocycles. The van der Waals surface area contributed by atoms with E-state index < -0.39 is 0 Å². The maximum absolute atomic E-state index is 10.6. The fraction of sp³-hybridized carbons (Fsp3) is 0.0625. The summed E-state index contributed by atoms with van der Waals surface area (Å²) in [5, 5.41) is 10.6. The highest BCUT2D eigenvalue weighted by atomic mass is 16.3. The van der Waals surface area contributed by atoms with E-state index in [1.807, 2.05) is 53.3 Å². The minimum absolute atomic E-state index is 0.00685. The molecule has 2 aliphatic rings. The van der Waals surface area contributed by atoms with Crippen LogP contribution in [0.4, 0.5) is 0 Å². The fourth-order valence-corrected chi connectivity index (χ4v) is 2.78. The molecule has 1 atom stereocenters. The zero-order chi connectivity index (χ0) is 12.8. The summed E-state index contributed by atoms with van der Waals surface area (Å²) in [7, 11) is 0. The molecule has 0 radical (unpaired) electrons. The summed E-state index contributed by atoms with van der Waals surface area (Å²) in [5.74, 6) is 1.28. The molecule has 19 heavy (non-hydrogen) atoms. The van der Waals surface area contributed by atoms with E-state index in [1.54, 1.807) is 6.20 Å². The molecular formula is C16H12N2O. The third-order valence-electron chi connectivity index (χ3n) is 3.67. The number of hydrogen-bond acceptors (Lipinski definition) is 2. The molecule has 4 rings (SSSR count). The lowest BCUT2D eigenvalue weighted by Gasteiger charge is -2.15. The third kappa shape index (κ3) is 1.35. The summed E-state index contributed by atoms with van der Waals surface area (Å²) in [4.78, 5) is 4.47. The Morgan fingerprint density at radius 1 is 1.16 bits per heavy atom. The molecule has 0 saturated heterocycles. The van der Waals surface area contributed by atoms with Gasteiger partial charge in [0.15, 0.2) is 0 Å². The second kappa shape index (κ2) is 3.72. The molecule has 1 aliphatic heterocycles. The van der Waals surface area contributed by atoms with Crippen molar-refractivity contribution in [2.75, 3.05) is 0 Å². The van der Waals surface area contributed by atoms with Gasteiger partial charge >= 0.3 is 0 Å². The average molecular weight is 248 g/mol. The van der Waals surface area contributed by atoms with Crippen molar-refractivity contribution in [3.63, 3.8) is 0 Å². The maximum atomic E-state index is 10.6. The van der Waals surface area contributed by atoms with Gasteiger partial charge in [0.1, 0.15) is 11.6 Å². The van der Waals surface area contributed by atoms with Gasteiger partial charge in [-0.3, -0.25) is 0 Å². The molecule has 2 aromatic rings. The van der Waals surface area contributed by atoms with Crippen molar-refractivity contribution in [2.24, 2.45) is 0 Å². The van der Waals surface area contributed by atoms with Crippen LogP contribution in [0.25, 0.3) is 11.4 Å². The summed E-state index contributed by atoms with van der Waals surface area (Å²) in [5.41, 5.74) is 2.72. The van der Waals surface area contributed by atoms with Crippen LogP contribution in [0, 0.1) is 0 Å². The van der Waals surface area contributed by atoms with Crippen molar-refractivity contribution >= 4 is 5.76 Å². The van der Waals surface area contributed by atoms with E-state index in [0.29, 0.717) is 5.76 Å². The van der Waals surface area contributed by atoms with Crippen molar-refractivity contribution in [2.45, 2.75) is 5.92 Å². The van der Waals surface area contributed by atoms with Crippen LogP contribution in [-0.4, -0.2) is 14.7 Å². The Morgan fingerprint density at radius 3 is 3.00 bits per heavy atom.